The number of imidazole rings is 1. The van der Waals surface area contributed by atoms with E-state index in [1.165, 1.54) is 25.3 Å². The van der Waals surface area contributed by atoms with Gasteiger partial charge in [-0.2, -0.15) is 0 Å². The second-order valence-corrected chi connectivity index (χ2v) is 6.06. The van der Waals surface area contributed by atoms with E-state index in [9.17, 15) is 4.39 Å². The van der Waals surface area contributed by atoms with Crippen LogP contribution in [-0.4, -0.2) is 9.55 Å². The van der Waals surface area contributed by atoms with Crippen LogP contribution in [-0.2, 0) is 0 Å². The molecule has 2 nitrogen and oxygen atoms in total. The van der Waals surface area contributed by atoms with E-state index in [4.69, 9.17) is 11.6 Å². The molecule has 2 aromatic rings. The molecule has 0 amide bonds. The van der Waals surface area contributed by atoms with Crippen molar-refractivity contribution in [3.05, 3.63) is 29.8 Å². The summed E-state index contributed by atoms with van der Waals surface area (Å²) in [6.45, 7) is 6.24. The molecule has 0 aliphatic carbocycles. The van der Waals surface area contributed by atoms with Crippen LogP contribution in [0.4, 0.5) is 4.39 Å². The van der Waals surface area contributed by atoms with Crippen molar-refractivity contribution in [2.75, 3.05) is 0 Å². The highest BCUT2D eigenvalue weighted by Crippen LogP contribution is 2.31. The molecule has 0 fully saturated rings. The van der Waals surface area contributed by atoms with Crippen LogP contribution >= 0.6 is 11.6 Å². The molecule has 1 aromatic carbocycles. The Morgan fingerprint density at radius 3 is 2.70 bits per heavy atom. The van der Waals surface area contributed by atoms with Crippen molar-refractivity contribution < 1.29 is 4.39 Å². The standard InChI is InChI=1S/C16H22ClFN2/c1-4-5-6-8-11(2)20-14-10-7-9-13(18)15(14)19-16(20)12(3)17/h7,9-12H,4-6,8H2,1-3H3. The average molecular weight is 297 g/mol. The monoisotopic (exact) mass is 296 g/mol. The molecule has 0 spiro atoms. The Morgan fingerprint density at radius 2 is 2.05 bits per heavy atom. The van der Waals surface area contributed by atoms with Gasteiger partial charge in [-0.05, 0) is 32.4 Å². The lowest BCUT2D eigenvalue weighted by atomic mass is 10.1. The number of halogens is 2. The zero-order valence-corrected chi connectivity index (χ0v) is 13.1. The predicted octanol–water partition coefficient (Wildman–Crippen LogP) is 5.62. The third-order valence-electron chi connectivity index (χ3n) is 3.72. The topological polar surface area (TPSA) is 17.8 Å². The Kier molecular flexibility index (Phi) is 5.03. The van der Waals surface area contributed by atoms with Crippen LogP contribution < -0.4 is 0 Å². The van der Waals surface area contributed by atoms with Gasteiger partial charge in [-0.3, -0.25) is 0 Å². The van der Waals surface area contributed by atoms with Gasteiger partial charge in [0.15, 0.2) is 5.82 Å². The van der Waals surface area contributed by atoms with E-state index >= 15 is 0 Å². The summed E-state index contributed by atoms with van der Waals surface area (Å²) in [6, 6.07) is 5.39. The number of hydrogen-bond donors (Lipinski definition) is 0. The fourth-order valence-corrected chi connectivity index (χ4v) is 2.82. The molecule has 20 heavy (non-hydrogen) atoms. The molecule has 1 aromatic heterocycles. The van der Waals surface area contributed by atoms with Gasteiger partial charge < -0.3 is 4.57 Å². The fraction of sp³-hybridized carbons (Fsp3) is 0.562. The van der Waals surface area contributed by atoms with E-state index in [0.29, 0.717) is 5.52 Å². The molecular formula is C16H22ClFN2. The summed E-state index contributed by atoms with van der Waals surface area (Å²) in [5, 5.41) is -0.226. The van der Waals surface area contributed by atoms with Gasteiger partial charge in [0.2, 0.25) is 0 Å². The quantitative estimate of drug-likeness (QED) is 0.500. The van der Waals surface area contributed by atoms with Gasteiger partial charge >= 0.3 is 0 Å². The highest BCUT2D eigenvalue weighted by Gasteiger charge is 2.20. The third kappa shape index (κ3) is 2.98. The minimum Gasteiger partial charge on any atom is -0.324 e. The van der Waals surface area contributed by atoms with Crippen LogP contribution in [0.5, 0.6) is 0 Å². The van der Waals surface area contributed by atoms with E-state index in [1.54, 1.807) is 6.07 Å². The first-order valence-electron chi connectivity index (χ1n) is 7.36. The number of hydrogen-bond acceptors (Lipinski definition) is 1. The number of unbranched alkanes of at least 4 members (excludes halogenated alkanes) is 2. The first-order chi connectivity index (χ1) is 9.56. The van der Waals surface area contributed by atoms with Gasteiger partial charge in [0, 0.05) is 6.04 Å². The number of benzene rings is 1. The SMILES string of the molecule is CCCCCC(C)n1c(C(C)Cl)nc2c(F)cccc21. The van der Waals surface area contributed by atoms with E-state index in [1.807, 2.05) is 13.0 Å². The summed E-state index contributed by atoms with van der Waals surface area (Å²) in [4.78, 5) is 4.42. The van der Waals surface area contributed by atoms with Crippen LogP contribution in [0.1, 0.15) is 63.7 Å². The molecule has 2 unspecified atom stereocenters. The lowest BCUT2D eigenvalue weighted by molar-refractivity contribution is 0.472. The van der Waals surface area contributed by atoms with Crippen LogP contribution in [0.25, 0.3) is 11.0 Å². The van der Waals surface area contributed by atoms with Crippen molar-refractivity contribution in [3.8, 4) is 0 Å². The van der Waals surface area contributed by atoms with Crippen LogP contribution in [0, 0.1) is 5.82 Å². The zero-order valence-electron chi connectivity index (χ0n) is 12.4. The summed E-state index contributed by atoms with van der Waals surface area (Å²) < 4.78 is 16.0. The maximum atomic E-state index is 13.9. The molecule has 0 aliphatic rings. The lowest BCUT2D eigenvalue weighted by Gasteiger charge is -2.18. The minimum absolute atomic E-state index is 0.226. The molecule has 0 bridgehead atoms. The fourth-order valence-electron chi connectivity index (χ4n) is 2.66. The van der Waals surface area contributed by atoms with Crippen molar-refractivity contribution in [2.24, 2.45) is 0 Å². The highest BCUT2D eigenvalue weighted by molar-refractivity contribution is 6.20. The van der Waals surface area contributed by atoms with Crippen molar-refractivity contribution in [1.82, 2.24) is 9.55 Å². The predicted molar refractivity (Wildman–Crippen MR) is 82.8 cm³/mol. The van der Waals surface area contributed by atoms with Crippen LogP contribution in [0.3, 0.4) is 0 Å². The maximum Gasteiger partial charge on any atom is 0.151 e. The van der Waals surface area contributed by atoms with Gasteiger partial charge in [0.25, 0.3) is 0 Å². The molecule has 2 atom stereocenters. The zero-order chi connectivity index (χ0) is 14.7. The van der Waals surface area contributed by atoms with Gasteiger partial charge in [0.05, 0.1) is 10.9 Å². The third-order valence-corrected chi connectivity index (χ3v) is 3.92. The molecule has 0 saturated heterocycles. The van der Waals surface area contributed by atoms with E-state index < -0.39 is 0 Å². The number of para-hydroxylation sites is 1. The van der Waals surface area contributed by atoms with E-state index in [0.717, 1.165) is 17.8 Å². The average Bonchev–Trinajstić information content (AvgIpc) is 2.80. The lowest BCUT2D eigenvalue weighted by Crippen LogP contribution is -2.10. The Bertz CT molecular complexity index is 577. The highest BCUT2D eigenvalue weighted by atomic mass is 35.5. The molecule has 0 radical (unpaired) electrons. The van der Waals surface area contributed by atoms with E-state index in [-0.39, 0.29) is 17.2 Å². The molecule has 4 heteroatoms. The van der Waals surface area contributed by atoms with Crippen LogP contribution in [0.15, 0.2) is 18.2 Å². The first kappa shape index (κ1) is 15.3. The second kappa shape index (κ2) is 6.57. The molecular weight excluding hydrogens is 275 g/mol. The number of alkyl halides is 1. The summed E-state index contributed by atoms with van der Waals surface area (Å²) in [7, 11) is 0. The first-order valence-corrected chi connectivity index (χ1v) is 7.80. The van der Waals surface area contributed by atoms with Gasteiger partial charge in [0.1, 0.15) is 11.3 Å². The number of aromatic nitrogens is 2. The van der Waals surface area contributed by atoms with Crippen molar-refractivity contribution in [2.45, 2.75) is 57.9 Å². The molecule has 2 rings (SSSR count). The van der Waals surface area contributed by atoms with Crippen LogP contribution in [0.2, 0.25) is 0 Å². The summed E-state index contributed by atoms with van der Waals surface area (Å²) in [5.74, 6) is 0.483. The van der Waals surface area contributed by atoms with Crippen molar-refractivity contribution >= 4 is 22.6 Å². The minimum atomic E-state index is -0.277. The van der Waals surface area contributed by atoms with Crippen molar-refractivity contribution in [1.29, 1.82) is 0 Å². The van der Waals surface area contributed by atoms with Gasteiger partial charge in [-0.15, -0.1) is 11.6 Å². The maximum absolute atomic E-state index is 13.9. The molecule has 0 aliphatic heterocycles. The number of fused-ring (bicyclic) bond motifs is 1. The molecule has 0 saturated carbocycles. The van der Waals surface area contributed by atoms with Gasteiger partial charge in [-0.25, -0.2) is 9.37 Å². The van der Waals surface area contributed by atoms with Gasteiger partial charge in [-0.1, -0.05) is 32.3 Å². The number of nitrogens with zero attached hydrogens (tertiary/aromatic N) is 2. The second-order valence-electron chi connectivity index (χ2n) is 5.41. The molecule has 1 heterocycles. The Morgan fingerprint density at radius 1 is 1.30 bits per heavy atom. The Hall–Kier alpha value is -1.09. The number of rotatable bonds is 6. The summed E-state index contributed by atoms with van der Waals surface area (Å²) >= 11 is 6.23. The van der Waals surface area contributed by atoms with E-state index in [2.05, 4.69) is 23.4 Å². The van der Waals surface area contributed by atoms with Crippen molar-refractivity contribution in [3.63, 3.8) is 0 Å². The largest absolute Gasteiger partial charge is 0.324 e. The molecule has 110 valence electrons. The normalized spacial score (nSPS) is 14.7. The Labute approximate surface area is 125 Å². The summed E-state index contributed by atoms with van der Waals surface area (Å²) in [5.41, 5.74) is 1.27. The summed E-state index contributed by atoms with van der Waals surface area (Å²) in [6.07, 6.45) is 4.65. The Balaban J connectivity index is 2.43. The molecule has 0 N–H and O–H groups in total. The smallest absolute Gasteiger partial charge is 0.151 e.